The highest BCUT2D eigenvalue weighted by molar-refractivity contribution is 7.94. The van der Waals surface area contributed by atoms with Crippen molar-refractivity contribution in [3.8, 4) is 0 Å². The summed E-state index contributed by atoms with van der Waals surface area (Å²) in [7, 11) is 1.67. The fourth-order valence-electron chi connectivity index (χ4n) is 2.24. The number of tetrazole rings is 1. The third-order valence-corrected chi connectivity index (χ3v) is 4.46. The Bertz CT molecular complexity index is 687. The summed E-state index contributed by atoms with van der Waals surface area (Å²) >= 11 is 1.34. The molecular formula is C15H21N5O2S. The Labute approximate surface area is 140 Å². The van der Waals surface area contributed by atoms with E-state index in [1.807, 2.05) is 26.0 Å². The van der Waals surface area contributed by atoms with E-state index in [1.54, 1.807) is 7.05 Å². The molecule has 0 bridgehead atoms. The number of nitrogens with zero attached hydrogens (tertiary/aromatic N) is 4. The molecule has 1 aromatic carbocycles. The summed E-state index contributed by atoms with van der Waals surface area (Å²) in [6, 6.07) is 3.83. The van der Waals surface area contributed by atoms with Crippen LogP contribution < -0.4 is 5.32 Å². The number of aromatic nitrogens is 4. The van der Waals surface area contributed by atoms with Gasteiger partial charge in [0.25, 0.3) is 5.91 Å². The topological polar surface area (TPSA) is 81.9 Å². The summed E-state index contributed by atoms with van der Waals surface area (Å²) in [5.41, 5.74) is 2.78. The van der Waals surface area contributed by atoms with Gasteiger partial charge in [0.2, 0.25) is 5.95 Å². The van der Waals surface area contributed by atoms with Crippen LogP contribution in [0.1, 0.15) is 42.3 Å². The van der Waals surface area contributed by atoms with Crippen molar-refractivity contribution in [2.45, 2.75) is 38.5 Å². The zero-order valence-corrected chi connectivity index (χ0v) is 14.6. The van der Waals surface area contributed by atoms with E-state index in [1.165, 1.54) is 22.3 Å². The molecule has 124 valence electrons. The number of amides is 1. The van der Waals surface area contributed by atoms with Crippen molar-refractivity contribution in [2.24, 2.45) is 7.05 Å². The highest BCUT2D eigenvalue weighted by Gasteiger charge is 2.19. The van der Waals surface area contributed by atoms with Gasteiger partial charge in [0.05, 0.1) is 6.61 Å². The van der Waals surface area contributed by atoms with Crippen LogP contribution in [0.2, 0.25) is 0 Å². The summed E-state index contributed by atoms with van der Waals surface area (Å²) in [5, 5.41) is 13.8. The summed E-state index contributed by atoms with van der Waals surface area (Å²) in [5.74, 6) is 0.0939. The van der Waals surface area contributed by atoms with E-state index in [2.05, 4.69) is 27.8 Å². The second-order valence-electron chi connectivity index (χ2n) is 4.86. The van der Waals surface area contributed by atoms with Gasteiger partial charge in [0, 0.05) is 29.5 Å². The Morgan fingerprint density at radius 2 is 2.09 bits per heavy atom. The maximum atomic E-state index is 12.6. The number of hydrogen-bond acceptors (Lipinski definition) is 6. The van der Waals surface area contributed by atoms with E-state index in [-0.39, 0.29) is 5.91 Å². The number of anilines is 1. The molecule has 1 heterocycles. The predicted molar refractivity (Wildman–Crippen MR) is 89.4 cm³/mol. The van der Waals surface area contributed by atoms with Crippen LogP contribution in [0.3, 0.4) is 0 Å². The number of aryl methyl sites for hydroxylation is 2. The van der Waals surface area contributed by atoms with Gasteiger partial charge in [0.1, 0.15) is 0 Å². The van der Waals surface area contributed by atoms with Crippen LogP contribution in [-0.4, -0.2) is 32.7 Å². The number of carbonyl (C=O) groups is 1. The molecule has 1 aromatic heterocycles. The van der Waals surface area contributed by atoms with Gasteiger partial charge < -0.3 is 4.18 Å². The Morgan fingerprint density at radius 1 is 1.30 bits per heavy atom. The molecule has 0 atom stereocenters. The van der Waals surface area contributed by atoms with Crippen LogP contribution in [0.25, 0.3) is 0 Å². The van der Waals surface area contributed by atoms with Gasteiger partial charge >= 0.3 is 0 Å². The molecule has 8 heteroatoms. The van der Waals surface area contributed by atoms with Crippen LogP contribution in [0.5, 0.6) is 0 Å². The first-order chi connectivity index (χ1) is 11.1. The summed E-state index contributed by atoms with van der Waals surface area (Å²) in [6.45, 7) is 6.68. The number of benzene rings is 1. The smallest absolute Gasteiger partial charge is 0.258 e. The minimum Gasteiger partial charge on any atom is -0.311 e. The van der Waals surface area contributed by atoms with Gasteiger partial charge in [-0.15, -0.1) is 0 Å². The van der Waals surface area contributed by atoms with Crippen molar-refractivity contribution in [1.29, 1.82) is 0 Å². The van der Waals surface area contributed by atoms with Crippen molar-refractivity contribution in [1.82, 2.24) is 20.2 Å². The average Bonchev–Trinajstić information content (AvgIpc) is 2.96. The third kappa shape index (κ3) is 3.89. The van der Waals surface area contributed by atoms with E-state index in [0.717, 1.165) is 23.3 Å². The molecule has 1 amide bonds. The van der Waals surface area contributed by atoms with E-state index in [4.69, 9.17) is 4.18 Å². The van der Waals surface area contributed by atoms with Gasteiger partial charge in [-0.1, -0.05) is 25.0 Å². The van der Waals surface area contributed by atoms with Crippen molar-refractivity contribution in [3.05, 3.63) is 28.8 Å². The largest absolute Gasteiger partial charge is 0.311 e. The van der Waals surface area contributed by atoms with Crippen molar-refractivity contribution < 1.29 is 8.98 Å². The Morgan fingerprint density at radius 3 is 2.65 bits per heavy atom. The molecule has 2 aromatic rings. The van der Waals surface area contributed by atoms with E-state index < -0.39 is 0 Å². The molecule has 0 fully saturated rings. The maximum Gasteiger partial charge on any atom is 0.258 e. The Balaban J connectivity index is 2.37. The molecule has 0 saturated heterocycles. The van der Waals surface area contributed by atoms with Crippen molar-refractivity contribution in [2.75, 3.05) is 11.9 Å². The van der Waals surface area contributed by atoms with Gasteiger partial charge in [-0.25, -0.2) is 4.68 Å². The van der Waals surface area contributed by atoms with E-state index in [0.29, 0.717) is 18.1 Å². The van der Waals surface area contributed by atoms with Crippen LogP contribution in [0, 0.1) is 0 Å². The zero-order chi connectivity index (χ0) is 16.8. The molecular weight excluding hydrogens is 314 g/mol. The van der Waals surface area contributed by atoms with Gasteiger partial charge in [-0.3, -0.25) is 10.1 Å². The summed E-state index contributed by atoms with van der Waals surface area (Å²) in [6.07, 6.45) is 1.63. The number of rotatable bonds is 7. The molecule has 0 spiro atoms. The van der Waals surface area contributed by atoms with Crippen molar-refractivity contribution in [3.63, 3.8) is 0 Å². The molecule has 23 heavy (non-hydrogen) atoms. The van der Waals surface area contributed by atoms with Gasteiger partial charge in [0.15, 0.2) is 0 Å². The molecule has 0 unspecified atom stereocenters. The Hall–Kier alpha value is -1.93. The minimum absolute atomic E-state index is 0.222. The fraction of sp³-hybridized carbons (Fsp3) is 0.467. The molecule has 2 rings (SSSR count). The molecule has 0 radical (unpaired) electrons. The van der Waals surface area contributed by atoms with Crippen LogP contribution in [0.15, 0.2) is 17.0 Å². The molecule has 0 aliphatic rings. The zero-order valence-electron chi connectivity index (χ0n) is 13.8. The molecule has 7 nitrogen and oxygen atoms in total. The highest BCUT2D eigenvalue weighted by Crippen LogP contribution is 2.31. The Kier molecular flexibility index (Phi) is 6.12. The summed E-state index contributed by atoms with van der Waals surface area (Å²) in [4.78, 5) is 13.6. The average molecular weight is 335 g/mol. The van der Waals surface area contributed by atoms with E-state index in [9.17, 15) is 4.79 Å². The van der Waals surface area contributed by atoms with Gasteiger partial charge in [-0.05, 0) is 47.4 Å². The lowest BCUT2D eigenvalue weighted by atomic mass is 10.00. The molecule has 0 aliphatic carbocycles. The quantitative estimate of drug-likeness (QED) is 0.783. The van der Waals surface area contributed by atoms with Gasteiger partial charge in [-0.2, -0.15) is 0 Å². The first-order valence-corrected chi connectivity index (χ1v) is 8.34. The van der Waals surface area contributed by atoms with Crippen LogP contribution in [0.4, 0.5) is 5.95 Å². The first-order valence-electron chi connectivity index (χ1n) is 7.60. The highest BCUT2D eigenvalue weighted by atomic mass is 32.2. The lowest BCUT2D eigenvalue weighted by Crippen LogP contribution is -2.18. The number of carbonyl (C=O) groups excluding carboxylic acids is 1. The summed E-state index contributed by atoms with van der Waals surface area (Å²) < 4.78 is 6.93. The third-order valence-electron chi connectivity index (χ3n) is 3.43. The number of hydrogen-bond donors (Lipinski definition) is 1. The maximum absolute atomic E-state index is 12.6. The monoisotopic (exact) mass is 335 g/mol. The first kappa shape index (κ1) is 17.4. The molecule has 0 saturated carbocycles. The molecule has 0 aliphatic heterocycles. The van der Waals surface area contributed by atoms with Crippen LogP contribution in [-0.2, 0) is 24.1 Å². The predicted octanol–water partition coefficient (Wildman–Crippen LogP) is 2.63. The standard InChI is InChI=1S/C15H21N5O2S/c1-5-10-8-9-12(11(6-2)13(10)23-22-7-3)14(21)16-15-17-18-19-20(15)4/h8-9H,5-7H2,1-4H3,(H,16,17,19,21). The second kappa shape index (κ2) is 8.07. The normalized spacial score (nSPS) is 10.8. The SMILES string of the molecule is CCOSc1c(CC)ccc(C(=O)Nc2nnnn2C)c1CC. The van der Waals surface area contributed by atoms with Crippen molar-refractivity contribution >= 4 is 23.9 Å². The van der Waals surface area contributed by atoms with E-state index >= 15 is 0 Å². The lowest BCUT2D eigenvalue weighted by molar-refractivity contribution is 0.102. The minimum atomic E-state index is -0.222. The lowest BCUT2D eigenvalue weighted by Gasteiger charge is -2.16. The van der Waals surface area contributed by atoms with Crippen LogP contribution >= 0.6 is 12.0 Å². The number of nitrogens with one attached hydrogen (secondary N) is 1. The second-order valence-corrected chi connectivity index (χ2v) is 5.67. The molecule has 1 N–H and O–H groups in total. The fourth-order valence-corrected chi connectivity index (χ4v) is 3.15.